The van der Waals surface area contributed by atoms with Crippen LogP contribution in [0.5, 0.6) is 5.75 Å². The van der Waals surface area contributed by atoms with Crippen LogP contribution in [0.1, 0.15) is 43.4 Å². The summed E-state index contributed by atoms with van der Waals surface area (Å²) in [5.41, 5.74) is 0.158. The minimum atomic E-state index is -1.86. The van der Waals surface area contributed by atoms with E-state index in [1.165, 1.54) is 7.11 Å². The van der Waals surface area contributed by atoms with E-state index in [1.54, 1.807) is 42.5 Å². The number of aliphatic hydroxyl groups is 1. The molecule has 6 heteroatoms. The largest absolute Gasteiger partial charge is 0.507 e. The number of phenolic OH excluding ortho intramolecular Hbond substituents is 1. The van der Waals surface area contributed by atoms with Gasteiger partial charge in [-0.15, -0.1) is 0 Å². The van der Waals surface area contributed by atoms with Gasteiger partial charge < -0.3 is 25.0 Å². The van der Waals surface area contributed by atoms with Gasteiger partial charge in [0.2, 0.25) is 0 Å². The second-order valence-corrected chi connectivity index (χ2v) is 8.80. The van der Waals surface area contributed by atoms with Gasteiger partial charge >= 0.3 is 0 Å². The van der Waals surface area contributed by atoms with Crippen LogP contribution in [-0.2, 0) is 19.9 Å². The molecule has 2 aliphatic heterocycles. The van der Waals surface area contributed by atoms with E-state index in [0.717, 1.165) is 18.4 Å². The number of hydrogen-bond donors (Lipinski definition) is 3. The van der Waals surface area contributed by atoms with E-state index in [9.17, 15) is 15.0 Å². The van der Waals surface area contributed by atoms with E-state index in [-0.39, 0.29) is 17.4 Å². The Morgan fingerprint density at radius 1 is 1.28 bits per heavy atom. The van der Waals surface area contributed by atoms with E-state index >= 15 is 0 Å². The molecule has 2 aliphatic rings. The average molecular weight is 436 g/mol. The number of aromatic hydroxyl groups is 1. The minimum absolute atomic E-state index is 0.0163. The third-order valence-electron chi connectivity index (χ3n) is 6.39. The van der Waals surface area contributed by atoms with Crippen LogP contribution >= 0.6 is 0 Å². The van der Waals surface area contributed by atoms with Crippen molar-refractivity contribution in [1.29, 1.82) is 0 Å². The Labute approximate surface area is 188 Å². The number of rotatable bonds is 5. The molecule has 1 fully saturated rings. The number of fused-ring (bicyclic) bond motifs is 1. The normalized spacial score (nSPS) is 29.7. The molecule has 1 amide bonds. The summed E-state index contributed by atoms with van der Waals surface area (Å²) in [6, 6.07) is 12.2. The summed E-state index contributed by atoms with van der Waals surface area (Å²) < 4.78 is 11.5. The van der Waals surface area contributed by atoms with E-state index in [0.29, 0.717) is 16.8 Å². The van der Waals surface area contributed by atoms with Gasteiger partial charge in [0.25, 0.3) is 5.91 Å². The van der Waals surface area contributed by atoms with Crippen molar-refractivity contribution in [3.63, 3.8) is 0 Å². The predicted octanol–water partition coefficient (Wildman–Crippen LogP) is 4.12. The van der Waals surface area contributed by atoms with Crippen molar-refractivity contribution in [3.05, 3.63) is 77.4 Å². The molecule has 0 saturated carbocycles. The van der Waals surface area contributed by atoms with Gasteiger partial charge in [-0.2, -0.15) is 0 Å². The monoisotopic (exact) mass is 435 g/mol. The average Bonchev–Trinajstić information content (AvgIpc) is 3.16. The highest BCUT2D eigenvalue weighted by molar-refractivity contribution is 6.00. The maximum Gasteiger partial charge on any atom is 0.257 e. The number of ether oxygens (including phenoxy) is 2. The topological polar surface area (TPSA) is 88.0 Å². The summed E-state index contributed by atoms with van der Waals surface area (Å²) >= 11 is 0. The summed E-state index contributed by atoms with van der Waals surface area (Å²) in [5, 5.41) is 25.8. The predicted molar refractivity (Wildman–Crippen MR) is 123 cm³/mol. The summed E-state index contributed by atoms with van der Waals surface area (Å²) in [6.07, 6.45) is 4.23. The quantitative estimate of drug-likeness (QED) is 0.615. The molecule has 2 heterocycles. The smallest absolute Gasteiger partial charge is 0.257 e. The standard InChI is InChI=1S/C26H29NO5/c1-16(2)20-13-15-25(3,32-20)14-12-17-10-11-19-21(22(17)28)26(30,18-8-6-5-7-9-18)23(31-4)24(29)27-19/h5-12,14,20,23,28,30H,1,13,15H2,2-4H3,(H,27,29)/b14-12+/t20-,23+,25-,26-/m0/s1. The molecule has 4 rings (SSSR count). The number of nitrogens with one attached hydrogen (secondary N) is 1. The lowest BCUT2D eigenvalue weighted by Gasteiger charge is -2.40. The van der Waals surface area contributed by atoms with Crippen molar-refractivity contribution in [2.24, 2.45) is 0 Å². The number of phenols is 1. The van der Waals surface area contributed by atoms with Crippen molar-refractivity contribution in [2.75, 3.05) is 12.4 Å². The lowest BCUT2D eigenvalue weighted by Crippen LogP contribution is -2.52. The lowest BCUT2D eigenvalue weighted by atomic mass is 9.76. The van der Waals surface area contributed by atoms with Crippen LogP contribution in [0, 0.1) is 0 Å². The van der Waals surface area contributed by atoms with Crippen LogP contribution in [0.2, 0.25) is 0 Å². The molecule has 0 bridgehead atoms. The minimum Gasteiger partial charge on any atom is -0.507 e. The number of hydrogen-bond acceptors (Lipinski definition) is 5. The Morgan fingerprint density at radius 3 is 2.62 bits per heavy atom. The first kappa shape index (κ1) is 22.3. The third kappa shape index (κ3) is 3.64. The molecule has 0 aliphatic carbocycles. The van der Waals surface area contributed by atoms with Crippen molar-refractivity contribution in [2.45, 2.75) is 50.1 Å². The first-order chi connectivity index (χ1) is 15.2. The maximum atomic E-state index is 12.7. The highest BCUT2D eigenvalue weighted by atomic mass is 16.5. The molecule has 3 N–H and O–H groups in total. The number of carbonyl (C=O) groups is 1. The number of amides is 1. The van der Waals surface area contributed by atoms with Gasteiger partial charge in [0.1, 0.15) is 5.75 Å². The summed E-state index contributed by atoms with van der Waals surface area (Å²) in [6.45, 7) is 7.95. The molecule has 4 atom stereocenters. The van der Waals surface area contributed by atoms with Gasteiger partial charge in [-0.25, -0.2) is 0 Å². The van der Waals surface area contributed by atoms with Gasteiger partial charge in [0.15, 0.2) is 11.7 Å². The molecule has 0 radical (unpaired) electrons. The highest BCUT2D eigenvalue weighted by Crippen LogP contribution is 2.48. The van der Waals surface area contributed by atoms with E-state index < -0.39 is 23.2 Å². The fraction of sp³-hybridized carbons (Fsp3) is 0.346. The zero-order valence-electron chi connectivity index (χ0n) is 18.6. The second kappa shape index (κ2) is 8.20. The Bertz CT molecular complexity index is 1080. The van der Waals surface area contributed by atoms with Crippen LogP contribution in [0.15, 0.2) is 60.7 Å². The number of methoxy groups -OCH3 is 1. The first-order valence-corrected chi connectivity index (χ1v) is 10.7. The maximum absolute atomic E-state index is 12.7. The van der Waals surface area contributed by atoms with Crippen molar-refractivity contribution in [1.82, 2.24) is 0 Å². The summed E-state index contributed by atoms with van der Waals surface area (Å²) in [4.78, 5) is 12.7. The van der Waals surface area contributed by atoms with Crippen molar-refractivity contribution < 1.29 is 24.5 Å². The molecule has 32 heavy (non-hydrogen) atoms. The number of carbonyl (C=O) groups excluding carboxylic acids is 1. The van der Waals surface area contributed by atoms with Crippen LogP contribution in [0.4, 0.5) is 5.69 Å². The molecule has 0 unspecified atom stereocenters. The third-order valence-corrected chi connectivity index (χ3v) is 6.39. The second-order valence-electron chi connectivity index (χ2n) is 8.80. The van der Waals surface area contributed by atoms with E-state index in [4.69, 9.17) is 9.47 Å². The van der Waals surface area contributed by atoms with Gasteiger partial charge in [-0.3, -0.25) is 4.79 Å². The molecular weight excluding hydrogens is 406 g/mol. The number of benzene rings is 2. The van der Waals surface area contributed by atoms with E-state index in [1.807, 2.05) is 26.0 Å². The fourth-order valence-corrected chi connectivity index (χ4v) is 4.61. The molecule has 6 nitrogen and oxygen atoms in total. The van der Waals surface area contributed by atoms with Crippen LogP contribution in [0.3, 0.4) is 0 Å². The molecular formula is C26H29NO5. The number of anilines is 1. The summed E-state index contributed by atoms with van der Waals surface area (Å²) in [5.74, 6) is -0.600. The van der Waals surface area contributed by atoms with Crippen LogP contribution in [-0.4, -0.2) is 41.0 Å². The fourth-order valence-electron chi connectivity index (χ4n) is 4.61. The zero-order chi connectivity index (χ0) is 23.1. The Balaban J connectivity index is 1.79. The van der Waals surface area contributed by atoms with Gasteiger partial charge in [0.05, 0.1) is 23.0 Å². The first-order valence-electron chi connectivity index (χ1n) is 10.7. The molecule has 2 aromatic rings. The van der Waals surface area contributed by atoms with Crippen LogP contribution < -0.4 is 5.32 Å². The van der Waals surface area contributed by atoms with Crippen molar-refractivity contribution >= 4 is 17.7 Å². The van der Waals surface area contributed by atoms with E-state index in [2.05, 4.69) is 11.9 Å². The van der Waals surface area contributed by atoms with Gasteiger partial charge in [0, 0.05) is 12.7 Å². The SMILES string of the molecule is C=C(C)[C@@H]1CC[C@](C)(/C=C/c2ccc3c(c2O)[C@@](O)(c2ccccc2)[C@H](OC)C(=O)N3)O1. The Hall–Kier alpha value is -2.93. The van der Waals surface area contributed by atoms with Crippen LogP contribution in [0.25, 0.3) is 6.08 Å². The molecule has 2 aromatic carbocycles. The molecule has 0 aromatic heterocycles. The van der Waals surface area contributed by atoms with Gasteiger partial charge in [-0.05, 0) is 44.4 Å². The summed E-state index contributed by atoms with van der Waals surface area (Å²) in [7, 11) is 1.36. The molecule has 0 spiro atoms. The Morgan fingerprint density at radius 2 is 2.00 bits per heavy atom. The molecule has 168 valence electrons. The zero-order valence-corrected chi connectivity index (χ0v) is 18.6. The lowest BCUT2D eigenvalue weighted by molar-refractivity contribution is -0.142. The van der Waals surface area contributed by atoms with Crippen molar-refractivity contribution in [3.8, 4) is 5.75 Å². The highest BCUT2D eigenvalue weighted by Gasteiger charge is 2.51. The van der Waals surface area contributed by atoms with Gasteiger partial charge in [-0.1, -0.05) is 54.6 Å². The Kier molecular flexibility index (Phi) is 5.71. The molecule has 1 saturated heterocycles.